The molecule has 0 unspecified atom stereocenters. The van der Waals surface area contributed by atoms with Crippen LogP contribution in [-0.4, -0.2) is 10.8 Å². The highest BCUT2D eigenvalue weighted by Crippen LogP contribution is 2.28. The molecule has 7 nitrogen and oxygen atoms in total. The fraction of sp³-hybridized carbons (Fsp3) is 0.190. The first kappa shape index (κ1) is 19.2. The summed E-state index contributed by atoms with van der Waals surface area (Å²) in [5.74, 6) is 0.300. The van der Waals surface area contributed by atoms with E-state index in [1.807, 2.05) is 32.0 Å². The maximum Gasteiger partial charge on any atom is 0.311 e. The minimum atomic E-state index is -0.493. The Morgan fingerprint density at radius 2 is 1.93 bits per heavy atom. The highest BCUT2D eigenvalue weighted by molar-refractivity contribution is 6.02. The van der Waals surface area contributed by atoms with Gasteiger partial charge in [0.1, 0.15) is 12.4 Å². The van der Waals surface area contributed by atoms with Crippen molar-refractivity contribution in [2.24, 2.45) is 0 Å². The van der Waals surface area contributed by atoms with Crippen LogP contribution in [0.2, 0.25) is 0 Å². The van der Waals surface area contributed by atoms with Crippen LogP contribution in [0.25, 0.3) is 0 Å². The van der Waals surface area contributed by atoms with Crippen LogP contribution in [0.3, 0.4) is 0 Å². The van der Waals surface area contributed by atoms with Crippen molar-refractivity contribution >= 4 is 17.3 Å². The number of hydrogen-bond donors (Lipinski definition) is 1. The lowest BCUT2D eigenvalue weighted by Gasteiger charge is -2.09. The van der Waals surface area contributed by atoms with E-state index in [9.17, 15) is 14.9 Å². The van der Waals surface area contributed by atoms with Gasteiger partial charge >= 0.3 is 5.69 Å². The number of aryl methyl sites for hydroxylation is 2. The van der Waals surface area contributed by atoms with E-state index < -0.39 is 4.92 Å². The molecule has 1 amide bonds. The number of nitro benzene ring substituents is 1. The van der Waals surface area contributed by atoms with Crippen molar-refractivity contribution in [3.63, 3.8) is 0 Å². The van der Waals surface area contributed by atoms with Gasteiger partial charge in [-0.05, 0) is 61.7 Å². The molecule has 7 heteroatoms. The number of benzene rings is 2. The van der Waals surface area contributed by atoms with E-state index >= 15 is 0 Å². The summed E-state index contributed by atoms with van der Waals surface area (Å²) < 4.78 is 11.0. The lowest BCUT2D eigenvalue weighted by atomic mass is 10.1. The zero-order chi connectivity index (χ0) is 20.3. The van der Waals surface area contributed by atoms with Crippen LogP contribution in [0.5, 0.6) is 5.75 Å². The number of furan rings is 1. The zero-order valence-corrected chi connectivity index (χ0v) is 15.8. The normalized spacial score (nSPS) is 10.5. The summed E-state index contributed by atoms with van der Waals surface area (Å²) in [6.45, 7) is 5.64. The molecular weight excluding hydrogens is 360 g/mol. The van der Waals surface area contributed by atoms with Gasteiger partial charge in [0.05, 0.1) is 4.92 Å². The summed E-state index contributed by atoms with van der Waals surface area (Å²) in [5, 5.41) is 14.0. The molecule has 1 N–H and O–H groups in total. The third-order valence-electron chi connectivity index (χ3n) is 4.42. The average molecular weight is 380 g/mol. The van der Waals surface area contributed by atoms with Crippen LogP contribution in [-0.2, 0) is 6.61 Å². The van der Waals surface area contributed by atoms with Gasteiger partial charge < -0.3 is 14.5 Å². The maximum absolute atomic E-state index is 12.4. The minimum Gasteiger partial charge on any atom is -0.479 e. The Morgan fingerprint density at radius 3 is 2.68 bits per heavy atom. The summed E-state index contributed by atoms with van der Waals surface area (Å²) in [4.78, 5) is 23.1. The Hall–Kier alpha value is -3.61. The van der Waals surface area contributed by atoms with Gasteiger partial charge in [-0.2, -0.15) is 0 Å². The van der Waals surface area contributed by atoms with Crippen LogP contribution in [0, 0.1) is 30.9 Å². The number of carbonyl (C=O) groups excluding carboxylic acids is 1. The van der Waals surface area contributed by atoms with E-state index in [0.29, 0.717) is 5.76 Å². The minimum absolute atomic E-state index is 0.0271. The van der Waals surface area contributed by atoms with Gasteiger partial charge in [-0.25, -0.2) is 0 Å². The number of nitrogens with one attached hydrogen (secondary N) is 1. The lowest BCUT2D eigenvalue weighted by Crippen LogP contribution is -2.12. The highest BCUT2D eigenvalue weighted by Gasteiger charge is 2.17. The van der Waals surface area contributed by atoms with Crippen molar-refractivity contribution in [1.82, 2.24) is 0 Å². The average Bonchev–Trinajstić information content (AvgIpc) is 3.13. The number of anilines is 1. The van der Waals surface area contributed by atoms with Crippen LogP contribution >= 0.6 is 0 Å². The van der Waals surface area contributed by atoms with E-state index in [-0.39, 0.29) is 29.7 Å². The molecule has 0 aliphatic heterocycles. The van der Waals surface area contributed by atoms with Crippen molar-refractivity contribution in [3.05, 3.63) is 86.9 Å². The zero-order valence-electron chi connectivity index (χ0n) is 15.8. The molecule has 3 aromatic rings. The smallest absolute Gasteiger partial charge is 0.311 e. The predicted molar refractivity (Wildman–Crippen MR) is 105 cm³/mol. The fourth-order valence-electron chi connectivity index (χ4n) is 2.69. The molecule has 28 heavy (non-hydrogen) atoms. The van der Waals surface area contributed by atoms with E-state index in [1.54, 1.807) is 31.2 Å². The van der Waals surface area contributed by atoms with Crippen LogP contribution in [0.1, 0.15) is 33.0 Å². The Balaban J connectivity index is 1.68. The number of amides is 1. The van der Waals surface area contributed by atoms with Gasteiger partial charge in [-0.3, -0.25) is 14.9 Å². The first-order valence-electron chi connectivity index (χ1n) is 8.69. The molecule has 0 fully saturated rings. The Labute approximate surface area is 162 Å². The second-order valence-electron chi connectivity index (χ2n) is 6.48. The van der Waals surface area contributed by atoms with E-state index in [4.69, 9.17) is 9.15 Å². The van der Waals surface area contributed by atoms with Crippen molar-refractivity contribution in [1.29, 1.82) is 0 Å². The topological polar surface area (TPSA) is 94.6 Å². The highest BCUT2D eigenvalue weighted by atomic mass is 16.6. The number of rotatable bonds is 6. The number of hydrogen-bond acceptors (Lipinski definition) is 5. The second-order valence-corrected chi connectivity index (χ2v) is 6.48. The molecule has 0 spiro atoms. The monoisotopic (exact) mass is 380 g/mol. The third kappa shape index (κ3) is 4.20. The Morgan fingerprint density at radius 1 is 1.14 bits per heavy atom. The van der Waals surface area contributed by atoms with Gasteiger partial charge in [-0.1, -0.05) is 18.2 Å². The molecule has 0 radical (unpaired) electrons. The van der Waals surface area contributed by atoms with E-state index in [2.05, 4.69) is 5.32 Å². The number of nitrogens with zero attached hydrogens (tertiary/aromatic N) is 1. The predicted octanol–water partition coefficient (Wildman–Crippen LogP) is 4.94. The van der Waals surface area contributed by atoms with Crippen LogP contribution < -0.4 is 10.1 Å². The second kappa shape index (κ2) is 7.96. The number of carbonyl (C=O) groups is 1. The molecule has 0 bridgehead atoms. The number of nitro groups is 1. The Bertz CT molecular complexity index is 1040. The lowest BCUT2D eigenvalue weighted by molar-refractivity contribution is -0.386. The summed E-state index contributed by atoms with van der Waals surface area (Å²) in [6.07, 6.45) is 0. The van der Waals surface area contributed by atoms with Crippen molar-refractivity contribution in [3.8, 4) is 5.75 Å². The van der Waals surface area contributed by atoms with Gasteiger partial charge in [-0.15, -0.1) is 0 Å². The molecule has 0 aliphatic carbocycles. The van der Waals surface area contributed by atoms with Gasteiger partial charge in [0, 0.05) is 11.8 Å². The van der Waals surface area contributed by atoms with E-state index in [1.165, 1.54) is 6.07 Å². The molecule has 0 atom stereocenters. The van der Waals surface area contributed by atoms with Crippen molar-refractivity contribution < 1.29 is 18.9 Å². The summed E-state index contributed by atoms with van der Waals surface area (Å²) in [6, 6.07) is 13.5. The summed E-state index contributed by atoms with van der Waals surface area (Å²) >= 11 is 0. The molecular formula is C21H20N2O5. The Kier molecular flexibility index (Phi) is 5.44. The molecule has 0 saturated carbocycles. The van der Waals surface area contributed by atoms with Gasteiger partial charge in [0.25, 0.3) is 5.91 Å². The molecule has 0 aliphatic rings. The maximum atomic E-state index is 12.4. The number of ether oxygens (including phenoxy) is 1. The van der Waals surface area contributed by atoms with Gasteiger partial charge in [0.15, 0.2) is 11.5 Å². The molecule has 1 heterocycles. The molecule has 3 rings (SSSR count). The first-order chi connectivity index (χ1) is 13.3. The fourth-order valence-corrected chi connectivity index (χ4v) is 2.69. The van der Waals surface area contributed by atoms with Gasteiger partial charge in [0.2, 0.25) is 0 Å². The first-order valence-corrected chi connectivity index (χ1v) is 8.69. The largest absolute Gasteiger partial charge is 0.479 e. The SMILES string of the molecule is Cc1ccc(OCc2ccc(C(=O)Nc3cccc(C)c3C)o2)c([N+](=O)[O-])c1. The molecule has 144 valence electrons. The summed E-state index contributed by atoms with van der Waals surface area (Å²) in [7, 11) is 0. The molecule has 2 aromatic carbocycles. The third-order valence-corrected chi connectivity index (χ3v) is 4.42. The molecule has 0 saturated heterocycles. The van der Waals surface area contributed by atoms with Crippen molar-refractivity contribution in [2.45, 2.75) is 27.4 Å². The van der Waals surface area contributed by atoms with E-state index in [0.717, 1.165) is 22.4 Å². The molecule has 1 aromatic heterocycles. The van der Waals surface area contributed by atoms with Crippen LogP contribution in [0.4, 0.5) is 11.4 Å². The van der Waals surface area contributed by atoms with Crippen LogP contribution in [0.15, 0.2) is 52.9 Å². The quantitative estimate of drug-likeness (QED) is 0.482. The standard InChI is InChI=1S/C21H20N2O5/c1-13-7-9-19(18(11-13)23(25)26)27-12-16-8-10-20(28-16)21(24)22-17-6-4-5-14(2)15(17)3/h4-11H,12H2,1-3H3,(H,22,24). The summed E-state index contributed by atoms with van der Waals surface area (Å²) in [5.41, 5.74) is 3.43. The van der Waals surface area contributed by atoms with Crippen molar-refractivity contribution in [2.75, 3.05) is 5.32 Å².